The van der Waals surface area contributed by atoms with E-state index in [-0.39, 0.29) is 0 Å². The first-order valence-corrected chi connectivity index (χ1v) is 5.82. The van der Waals surface area contributed by atoms with Gasteiger partial charge in [-0.15, -0.1) is 0 Å². The van der Waals surface area contributed by atoms with Crippen LogP contribution in [0.1, 0.15) is 27.7 Å². The second-order valence-corrected chi connectivity index (χ2v) is 5.82. The molecule has 0 atom stereocenters. The molecule has 1 aromatic heterocycles. The van der Waals surface area contributed by atoms with E-state index < -0.39 is 0 Å². The fraction of sp³-hybridized carbons (Fsp3) is 0.615. The highest BCUT2D eigenvalue weighted by atomic mass is 15.0. The number of nitrogens with one attached hydrogen (secondary N) is 1. The van der Waals surface area contributed by atoms with Gasteiger partial charge in [-0.25, -0.2) is 4.98 Å². The highest BCUT2D eigenvalue weighted by Crippen LogP contribution is 2.68. The number of aromatic nitrogens is 1. The Balaban J connectivity index is 1.95. The zero-order valence-electron chi connectivity index (χ0n) is 10.5. The van der Waals surface area contributed by atoms with Gasteiger partial charge in [0.1, 0.15) is 11.6 Å². The van der Waals surface area contributed by atoms with Crippen molar-refractivity contribution in [3.8, 4) is 0 Å². The minimum absolute atomic E-state index is 0.417. The maximum atomic E-state index is 5.64. The first-order chi connectivity index (χ1) is 7.35. The lowest BCUT2D eigenvalue weighted by Gasteiger charge is -2.07. The normalized spacial score (nSPS) is 21.8. The summed E-state index contributed by atoms with van der Waals surface area (Å²) >= 11 is 0. The number of anilines is 2. The highest BCUT2D eigenvalue weighted by molar-refractivity contribution is 5.42. The van der Waals surface area contributed by atoms with E-state index in [4.69, 9.17) is 5.73 Å². The van der Waals surface area contributed by atoms with Crippen LogP contribution in [-0.4, -0.2) is 11.5 Å². The lowest BCUT2D eigenvalue weighted by Crippen LogP contribution is -2.09. The Hall–Kier alpha value is -1.25. The smallest absolute Gasteiger partial charge is 0.128 e. The summed E-state index contributed by atoms with van der Waals surface area (Å²) in [5, 5.41) is 3.37. The Morgan fingerprint density at radius 3 is 2.38 bits per heavy atom. The van der Waals surface area contributed by atoms with Crippen molar-refractivity contribution in [1.82, 2.24) is 4.98 Å². The van der Waals surface area contributed by atoms with Crippen LogP contribution in [0.15, 0.2) is 18.2 Å². The Morgan fingerprint density at radius 2 is 1.88 bits per heavy atom. The fourth-order valence-corrected chi connectivity index (χ4v) is 2.60. The summed E-state index contributed by atoms with van der Waals surface area (Å²) in [6.45, 7) is 10.3. The van der Waals surface area contributed by atoms with E-state index in [0.717, 1.165) is 12.4 Å². The van der Waals surface area contributed by atoms with Gasteiger partial charge < -0.3 is 11.1 Å². The molecule has 1 aromatic rings. The summed E-state index contributed by atoms with van der Waals surface area (Å²) in [7, 11) is 0. The molecule has 2 rings (SSSR count). The van der Waals surface area contributed by atoms with E-state index in [2.05, 4.69) is 38.0 Å². The predicted octanol–water partition coefficient (Wildman–Crippen LogP) is 2.76. The van der Waals surface area contributed by atoms with Gasteiger partial charge in [-0.3, -0.25) is 0 Å². The minimum atomic E-state index is 0.417. The van der Waals surface area contributed by atoms with Crippen molar-refractivity contribution in [2.75, 3.05) is 17.6 Å². The lowest BCUT2D eigenvalue weighted by atomic mass is 10.0. The fourth-order valence-electron chi connectivity index (χ4n) is 2.60. The molecule has 3 heteroatoms. The Labute approximate surface area is 97.5 Å². The molecular formula is C13H21N3. The van der Waals surface area contributed by atoms with E-state index in [9.17, 15) is 0 Å². The molecule has 0 aliphatic heterocycles. The summed E-state index contributed by atoms with van der Waals surface area (Å²) in [6, 6.07) is 5.68. The summed E-state index contributed by atoms with van der Waals surface area (Å²) < 4.78 is 0. The van der Waals surface area contributed by atoms with Crippen LogP contribution in [0.2, 0.25) is 0 Å². The molecule has 1 saturated carbocycles. The van der Waals surface area contributed by atoms with E-state index in [1.165, 1.54) is 0 Å². The van der Waals surface area contributed by atoms with Crippen molar-refractivity contribution in [1.29, 1.82) is 0 Å². The molecular weight excluding hydrogens is 198 g/mol. The third-order valence-corrected chi connectivity index (χ3v) is 4.58. The standard InChI is InChI=1S/C13H21N3/c1-12(2)9(13(12,3)4)8-15-11-7-5-6-10(14)16-11/h5-7,9H,8H2,1-4H3,(H3,14,15,16). The third kappa shape index (κ3) is 1.64. The molecule has 3 nitrogen and oxygen atoms in total. The van der Waals surface area contributed by atoms with Crippen LogP contribution in [0.4, 0.5) is 11.6 Å². The molecule has 0 aromatic carbocycles. The molecule has 0 amide bonds. The van der Waals surface area contributed by atoms with Gasteiger partial charge in [-0.05, 0) is 28.9 Å². The first kappa shape index (κ1) is 11.2. The van der Waals surface area contributed by atoms with Crippen molar-refractivity contribution >= 4 is 11.6 Å². The number of nitrogens with zero attached hydrogens (tertiary/aromatic N) is 1. The van der Waals surface area contributed by atoms with Crippen LogP contribution >= 0.6 is 0 Å². The van der Waals surface area contributed by atoms with Crippen molar-refractivity contribution in [3.63, 3.8) is 0 Å². The van der Waals surface area contributed by atoms with Gasteiger partial charge >= 0.3 is 0 Å². The molecule has 0 bridgehead atoms. The van der Waals surface area contributed by atoms with Gasteiger partial charge in [0, 0.05) is 6.54 Å². The molecule has 0 unspecified atom stereocenters. The van der Waals surface area contributed by atoms with Gasteiger partial charge in [-0.2, -0.15) is 0 Å². The number of hydrogen-bond acceptors (Lipinski definition) is 3. The molecule has 1 aliphatic carbocycles. The monoisotopic (exact) mass is 219 g/mol. The van der Waals surface area contributed by atoms with Crippen LogP contribution < -0.4 is 11.1 Å². The van der Waals surface area contributed by atoms with Crippen molar-refractivity contribution in [3.05, 3.63) is 18.2 Å². The Kier molecular flexibility index (Phi) is 2.37. The van der Waals surface area contributed by atoms with Crippen LogP contribution in [-0.2, 0) is 0 Å². The van der Waals surface area contributed by atoms with E-state index in [0.29, 0.717) is 22.6 Å². The maximum absolute atomic E-state index is 5.64. The maximum Gasteiger partial charge on any atom is 0.128 e. The summed E-state index contributed by atoms with van der Waals surface area (Å²) in [4.78, 5) is 4.24. The second-order valence-electron chi connectivity index (χ2n) is 5.82. The van der Waals surface area contributed by atoms with Gasteiger partial charge in [-0.1, -0.05) is 33.8 Å². The van der Waals surface area contributed by atoms with Crippen LogP contribution in [0.5, 0.6) is 0 Å². The van der Waals surface area contributed by atoms with E-state index >= 15 is 0 Å². The molecule has 1 heterocycles. The van der Waals surface area contributed by atoms with Crippen LogP contribution in [0.25, 0.3) is 0 Å². The first-order valence-electron chi connectivity index (χ1n) is 5.82. The summed E-state index contributed by atoms with van der Waals surface area (Å²) in [6.07, 6.45) is 0. The molecule has 0 radical (unpaired) electrons. The summed E-state index contributed by atoms with van der Waals surface area (Å²) in [5.74, 6) is 2.14. The average molecular weight is 219 g/mol. The van der Waals surface area contributed by atoms with Gasteiger partial charge in [0.15, 0.2) is 0 Å². The quantitative estimate of drug-likeness (QED) is 0.822. The highest BCUT2D eigenvalue weighted by Gasteiger charge is 2.64. The van der Waals surface area contributed by atoms with Crippen LogP contribution in [0.3, 0.4) is 0 Å². The molecule has 88 valence electrons. The van der Waals surface area contributed by atoms with Gasteiger partial charge in [0.05, 0.1) is 0 Å². The van der Waals surface area contributed by atoms with Gasteiger partial charge in [0.2, 0.25) is 0 Å². The molecule has 1 aliphatic rings. The molecule has 16 heavy (non-hydrogen) atoms. The largest absolute Gasteiger partial charge is 0.384 e. The number of nitrogen functional groups attached to an aromatic ring is 1. The number of rotatable bonds is 3. The van der Waals surface area contributed by atoms with Gasteiger partial charge in [0.25, 0.3) is 0 Å². The number of hydrogen-bond donors (Lipinski definition) is 2. The second kappa shape index (κ2) is 3.37. The minimum Gasteiger partial charge on any atom is -0.384 e. The third-order valence-electron chi connectivity index (χ3n) is 4.58. The number of pyridine rings is 1. The van der Waals surface area contributed by atoms with Crippen molar-refractivity contribution < 1.29 is 0 Å². The lowest BCUT2D eigenvalue weighted by molar-refractivity contribution is 0.457. The number of nitrogens with two attached hydrogens (primary N) is 1. The van der Waals surface area contributed by atoms with Crippen LogP contribution in [0, 0.1) is 16.7 Å². The molecule has 0 spiro atoms. The Morgan fingerprint density at radius 1 is 1.25 bits per heavy atom. The average Bonchev–Trinajstić information content (AvgIpc) is 2.55. The summed E-state index contributed by atoms with van der Waals surface area (Å²) in [5.41, 5.74) is 6.47. The predicted molar refractivity (Wildman–Crippen MR) is 68.2 cm³/mol. The topological polar surface area (TPSA) is 50.9 Å². The zero-order valence-corrected chi connectivity index (χ0v) is 10.5. The van der Waals surface area contributed by atoms with E-state index in [1.54, 1.807) is 6.07 Å². The molecule has 1 fully saturated rings. The zero-order chi connectivity index (χ0) is 12.0. The van der Waals surface area contributed by atoms with Crippen molar-refractivity contribution in [2.45, 2.75) is 27.7 Å². The molecule has 3 N–H and O–H groups in total. The van der Waals surface area contributed by atoms with Crippen molar-refractivity contribution in [2.24, 2.45) is 16.7 Å². The Bertz CT molecular complexity index is 382. The SMILES string of the molecule is CC1(C)C(CNc2cccc(N)n2)C1(C)C. The van der Waals surface area contributed by atoms with E-state index in [1.807, 2.05) is 12.1 Å². The molecule has 0 saturated heterocycles.